The summed E-state index contributed by atoms with van der Waals surface area (Å²) in [5, 5.41) is 28.5. The monoisotopic (exact) mass is 485 g/mol. The second-order valence-corrected chi connectivity index (χ2v) is 8.75. The highest BCUT2D eigenvalue weighted by molar-refractivity contribution is 5.70. The third-order valence-electron chi connectivity index (χ3n) is 5.84. The van der Waals surface area contributed by atoms with Crippen LogP contribution in [-0.4, -0.2) is 98.2 Å². The number of hydrogen-bond acceptors (Lipinski definition) is 8. The first-order valence-electron chi connectivity index (χ1n) is 11.3. The Kier molecular flexibility index (Phi) is 9.12. The quantitative estimate of drug-likeness (QED) is 0.384. The maximum absolute atomic E-state index is 11.8. The minimum absolute atomic E-state index is 0.202. The number of fused-ring (bicyclic) bond motifs is 2. The predicted octanol–water partition coefficient (Wildman–Crippen LogP) is 0.449. The van der Waals surface area contributed by atoms with Crippen molar-refractivity contribution in [1.82, 2.24) is 19.7 Å². The Labute approximate surface area is 203 Å². The van der Waals surface area contributed by atoms with Gasteiger partial charge in [0, 0.05) is 44.5 Å². The van der Waals surface area contributed by atoms with Gasteiger partial charge in [0.25, 0.3) is 0 Å². The van der Waals surface area contributed by atoms with Crippen LogP contribution in [0.2, 0.25) is 0 Å². The molecular weight excluding hydrogens is 454 g/mol. The fraction of sp³-hybridized carbons (Fsp3) is 0.417. The number of benzene rings is 1. The highest BCUT2D eigenvalue weighted by Crippen LogP contribution is 2.17. The van der Waals surface area contributed by atoms with Gasteiger partial charge in [0.15, 0.2) is 0 Å². The second-order valence-electron chi connectivity index (χ2n) is 8.75. The Balaban J connectivity index is 1.99. The molecular formula is C24H31N5O6. The number of nitrogens with zero attached hydrogens (tertiary/aromatic N) is 4. The van der Waals surface area contributed by atoms with Crippen LogP contribution < -0.4 is 5.73 Å². The first-order chi connectivity index (χ1) is 16.7. The van der Waals surface area contributed by atoms with Crippen LogP contribution in [0, 0.1) is 0 Å². The van der Waals surface area contributed by atoms with E-state index < -0.39 is 17.9 Å². The van der Waals surface area contributed by atoms with Crippen molar-refractivity contribution in [2.45, 2.75) is 25.6 Å². The van der Waals surface area contributed by atoms with Crippen LogP contribution in [0.1, 0.15) is 17.0 Å². The van der Waals surface area contributed by atoms with Gasteiger partial charge in [-0.1, -0.05) is 18.2 Å². The smallest absolute Gasteiger partial charge is 0.317 e. The average molecular weight is 486 g/mol. The lowest BCUT2D eigenvalue weighted by atomic mass is 10.0. The zero-order chi connectivity index (χ0) is 25.4. The molecule has 2 heterocycles. The summed E-state index contributed by atoms with van der Waals surface area (Å²) in [7, 11) is 0. The van der Waals surface area contributed by atoms with Crippen LogP contribution in [0.15, 0.2) is 42.5 Å². The molecule has 1 atom stereocenters. The van der Waals surface area contributed by atoms with Gasteiger partial charge in [-0.3, -0.25) is 34.1 Å². The number of rotatable bonds is 8. The van der Waals surface area contributed by atoms with Crippen molar-refractivity contribution in [2.24, 2.45) is 0 Å². The van der Waals surface area contributed by atoms with Gasteiger partial charge in [0.1, 0.15) is 0 Å². The number of nitrogen functional groups attached to an aromatic ring is 1. The molecule has 1 aromatic heterocycles. The zero-order valence-corrected chi connectivity index (χ0v) is 19.4. The van der Waals surface area contributed by atoms with Crippen molar-refractivity contribution in [3.8, 4) is 0 Å². The number of pyridine rings is 1. The maximum Gasteiger partial charge on any atom is 0.317 e. The van der Waals surface area contributed by atoms with E-state index in [1.54, 1.807) is 39.0 Å². The van der Waals surface area contributed by atoms with E-state index in [1.807, 2.05) is 18.2 Å². The lowest BCUT2D eigenvalue weighted by molar-refractivity contribution is -0.141. The third-order valence-corrected chi connectivity index (χ3v) is 5.84. The lowest BCUT2D eigenvalue weighted by Gasteiger charge is -2.35. The molecule has 2 aromatic rings. The van der Waals surface area contributed by atoms with Crippen LogP contribution in [0.5, 0.6) is 0 Å². The summed E-state index contributed by atoms with van der Waals surface area (Å²) >= 11 is 0. The molecule has 35 heavy (non-hydrogen) atoms. The van der Waals surface area contributed by atoms with Gasteiger partial charge in [0.05, 0.1) is 31.0 Å². The summed E-state index contributed by atoms with van der Waals surface area (Å²) in [4.78, 5) is 44.7. The van der Waals surface area contributed by atoms with Crippen LogP contribution >= 0.6 is 0 Å². The molecule has 0 saturated carbocycles. The van der Waals surface area contributed by atoms with E-state index in [9.17, 15) is 29.7 Å². The van der Waals surface area contributed by atoms with Crippen molar-refractivity contribution in [2.75, 3.05) is 45.0 Å². The number of carboxylic acid groups (broad SMARTS) is 3. The molecule has 1 aliphatic heterocycles. The topological polar surface area (TPSA) is 161 Å². The first-order valence-corrected chi connectivity index (χ1v) is 11.3. The number of aliphatic carboxylic acids is 3. The SMILES string of the molecule is Nc1ccc(C[C@@H]2CN(CC(=O)O)CCN(CC(=O)O)Cc3cccc(n3)CN2CC(=O)O)cc1. The molecule has 1 aromatic carbocycles. The van der Waals surface area contributed by atoms with Gasteiger partial charge in [-0.05, 0) is 36.2 Å². The molecule has 1 aliphatic rings. The summed E-state index contributed by atoms with van der Waals surface area (Å²) in [5.41, 5.74) is 8.69. The van der Waals surface area contributed by atoms with E-state index in [-0.39, 0.29) is 45.3 Å². The number of aromatic nitrogens is 1. The van der Waals surface area contributed by atoms with Crippen LogP contribution in [-0.2, 0) is 33.9 Å². The standard InChI is InChI=1S/C24H31N5O6/c25-18-6-4-17(5-7-18)10-21-13-28(15-23(32)33)9-8-27(14-22(30)31)11-19-2-1-3-20(26-19)12-29(21)16-24(34)35/h1-7,21H,8-16,25H2,(H,30,31)(H,32,33)(H,34,35)/t21-/m1/s1. The number of carboxylic acids is 3. The predicted molar refractivity (Wildman–Crippen MR) is 128 cm³/mol. The minimum Gasteiger partial charge on any atom is -0.480 e. The number of hydrogen-bond donors (Lipinski definition) is 4. The molecule has 0 spiro atoms. The number of anilines is 1. The number of carbonyl (C=O) groups is 3. The molecule has 0 radical (unpaired) electrons. The average Bonchev–Trinajstić information content (AvgIpc) is 2.76. The summed E-state index contributed by atoms with van der Waals surface area (Å²) in [6.07, 6.45) is 0.474. The Morgan fingerprint density at radius 3 is 2.03 bits per heavy atom. The Morgan fingerprint density at radius 1 is 0.829 bits per heavy atom. The minimum atomic E-state index is -1.01. The van der Waals surface area contributed by atoms with Crippen molar-refractivity contribution in [3.63, 3.8) is 0 Å². The zero-order valence-electron chi connectivity index (χ0n) is 19.4. The van der Waals surface area contributed by atoms with Crippen LogP contribution in [0.4, 0.5) is 5.69 Å². The number of nitrogens with two attached hydrogens (primary N) is 1. The lowest BCUT2D eigenvalue weighted by Crippen LogP contribution is -2.50. The molecule has 11 nitrogen and oxygen atoms in total. The molecule has 0 aliphatic carbocycles. The second kappa shape index (κ2) is 12.2. The van der Waals surface area contributed by atoms with Crippen LogP contribution in [0.25, 0.3) is 0 Å². The molecule has 11 heteroatoms. The van der Waals surface area contributed by atoms with E-state index in [1.165, 1.54) is 0 Å². The van der Waals surface area contributed by atoms with Crippen molar-refractivity contribution < 1.29 is 29.7 Å². The summed E-state index contributed by atoms with van der Waals surface area (Å²) in [6.45, 7) is 0.754. The summed E-state index contributed by atoms with van der Waals surface area (Å²) in [6, 6.07) is 12.4. The fourth-order valence-electron chi connectivity index (χ4n) is 4.28. The highest BCUT2D eigenvalue weighted by Gasteiger charge is 2.27. The molecule has 0 fully saturated rings. The van der Waals surface area contributed by atoms with Crippen LogP contribution in [0.3, 0.4) is 0 Å². The maximum atomic E-state index is 11.8. The van der Waals surface area contributed by atoms with E-state index in [0.717, 1.165) is 5.56 Å². The Morgan fingerprint density at radius 2 is 1.40 bits per heavy atom. The van der Waals surface area contributed by atoms with Crippen molar-refractivity contribution in [1.29, 1.82) is 0 Å². The van der Waals surface area contributed by atoms with Gasteiger partial charge in [-0.25, -0.2) is 0 Å². The first kappa shape index (κ1) is 26.1. The summed E-state index contributed by atoms with van der Waals surface area (Å²) < 4.78 is 0. The van der Waals surface area contributed by atoms with Gasteiger partial charge in [-0.2, -0.15) is 0 Å². The van der Waals surface area contributed by atoms with E-state index in [2.05, 4.69) is 4.98 Å². The molecule has 0 saturated heterocycles. The fourth-order valence-corrected chi connectivity index (χ4v) is 4.28. The largest absolute Gasteiger partial charge is 0.480 e. The van der Waals surface area contributed by atoms with Crippen molar-refractivity contribution in [3.05, 3.63) is 59.4 Å². The summed E-state index contributed by atoms with van der Waals surface area (Å²) in [5.74, 6) is -2.98. The van der Waals surface area contributed by atoms with Gasteiger partial charge in [-0.15, -0.1) is 0 Å². The Bertz CT molecular complexity index is 1030. The van der Waals surface area contributed by atoms with E-state index >= 15 is 0 Å². The molecule has 188 valence electrons. The third kappa shape index (κ3) is 8.63. The molecule has 5 N–H and O–H groups in total. The van der Waals surface area contributed by atoms with Gasteiger partial charge in [0.2, 0.25) is 0 Å². The van der Waals surface area contributed by atoms with Gasteiger partial charge >= 0.3 is 17.9 Å². The molecule has 0 unspecified atom stereocenters. The molecule has 2 bridgehead atoms. The Hall–Kier alpha value is -3.54. The van der Waals surface area contributed by atoms with Gasteiger partial charge < -0.3 is 21.1 Å². The molecule has 0 amide bonds. The molecule has 3 rings (SSSR count). The highest BCUT2D eigenvalue weighted by atomic mass is 16.4. The van der Waals surface area contributed by atoms with Crippen molar-refractivity contribution >= 4 is 23.6 Å². The van der Waals surface area contributed by atoms with E-state index in [0.29, 0.717) is 36.6 Å². The normalized spacial score (nSPS) is 18.3. The van der Waals surface area contributed by atoms with E-state index in [4.69, 9.17) is 5.73 Å².